The third-order valence-corrected chi connectivity index (χ3v) is 5.28. The van der Waals surface area contributed by atoms with E-state index in [0.29, 0.717) is 22.2 Å². The van der Waals surface area contributed by atoms with E-state index in [1.807, 2.05) is 24.3 Å². The molecule has 9 heteroatoms. The molecule has 0 unspecified atom stereocenters. The number of benzene rings is 2. The van der Waals surface area contributed by atoms with E-state index in [0.717, 1.165) is 16.7 Å². The SMILES string of the molecule is Cn1cc(N(Cc2c(F)cccc2Cl)c2ncc(-c3ccc(CC(N)=O)cc3)cn2)cn1. The highest BCUT2D eigenvalue weighted by Crippen LogP contribution is 2.29. The molecule has 0 saturated carbocycles. The molecule has 7 nitrogen and oxygen atoms in total. The Hall–Kier alpha value is -3.78. The first kappa shape index (κ1) is 21.5. The van der Waals surface area contributed by atoms with Crippen LogP contribution in [0, 0.1) is 5.82 Å². The summed E-state index contributed by atoms with van der Waals surface area (Å²) in [6.07, 6.45) is 7.02. The topological polar surface area (TPSA) is 89.9 Å². The normalized spacial score (nSPS) is 10.8. The summed E-state index contributed by atoms with van der Waals surface area (Å²) in [5, 5.41) is 4.53. The number of nitrogens with zero attached hydrogens (tertiary/aromatic N) is 5. The minimum Gasteiger partial charge on any atom is -0.369 e. The van der Waals surface area contributed by atoms with E-state index in [1.54, 1.807) is 53.5 Å². The van der Waals surface area contributed by atoms with Crippen LogP contribution in [0.3, 0.4) is 0 Å². The summed E-state index contributed by atoms with van der Waals surface area (Å²) in [5.41, 5.74) is 8.82. The second-order valence-corrected chi connectivity index (χ2v) is 7.68. The third kappa shape index (κ3) is 4.76. The summed E-state index contributed by atoms with van der Waals surface area (Å²) in [7, 11) is 1.80. The van der Waals surface area contributed by atoms with Gasteiger partial charge in [-0.05, 0) is 23.3 Å². The number of carbonyl (C=O) groups excluding carboxylic acids is 1. The van der Waals surface area contributed by atoms with E-state index in [-0.39, 0.29) is 18.9 Å². The molecule has 0 aliphatic rings. The summed E-state index contributed by atoms with van der Waals surface area (Å²) in [5.74, 6) is -0.402. The van der Waals surface area contributed by atoms with Crippen molar-refractivity contribution in [3.63, 3.8) is 0 Å². The van der Waals surface area contributed by atoms with Gasteiger partial charge in [0.25, 0.3) is 0 Å². The van der Waals surface area contributed by atoms with Gasteiger partial charge in [-0.1, -0.05) is 41.9 Å². The number of nitrogens with two attached hydrogens (primary N) is 1. The number of aryl methyl sites for hydroxylation is 1. The van der Waals surface area contributed by atoms with Crippen molar-refractivity contribution in [3.8, 4) is 11.1 Å². The van der Waals surface area contributed by atoms with E-state index in [4.69, 9.17) is 17.3 Å². The number of hydrogen-bond acceptors (Lipinski definition) is 5. The first-order chi connectivity index (χ1) is 15.4. The van der Waals surface area contributed by atoms with Crippen molar-refractivity contribution in [2.24, 2.45) is 12.8 Å². The fourth-order valence-electron chi connectivity index (χ4n) is 3.29. The minimum atomic E-state index is -0.404. The van der Waals surface area contributed by atoms with Gasteiger partial charge >= 0.3 is 0 Å². The van der Waals surface area contributed by atoms with E-state index in [9.17, 15) is 9.18 Å². The highest BCUT2D eigenvalue weighted by atomic mass is 35.5. The van der Waals surface area contributed by atoms with Crippen LogP contribution in [-0.2, 0) is 24.8 Å². The molecule has 0 radical (unpaired) electrons. The molecule has 0 aliphatic heterocycles. The molecule has 0 spiro atoms. The molecule has 2 aromatic carbocycles. The molecule has 0 saturated heterocycles. The molecule has 32 heavy (non-hydrogen) atoms. The summed E-state index contributed by atoms with van der Waals surface area (Å²) >= 11 is 6.25. The van der Waals surface area contributed by atoms with Crippen LogP contribution in [0.25, 0.3) is 11.1 Å². The van der Waals surface area contributed by atoms with Crippen molar-refractivity contribution in [2.75, 3.05) is 4.90 Å². The second kappa shape index (κ2) is 9.15. The van der Waals surface area contributed by atoms with Gasteiger partial charge in [0.1, 0.15) is 5.82 Å². The van der Waals surface area contributed by atoms with Crippen LogP contribution < -0.4 is 10.6 Å². The number of hydrogen-bond donors (Lipinski definition) is 1. The van der Waals surface area contributed by atoms with Gasteiger partial charge in [0.15, 0.2) is 0 Å². The lowest BCUT2D eigenvalue weighted by Crippen LogP contribution is -2.19. The fourth-order valence-corrected chi connectivity index (χ4v) is 3.52. The average Bonchev–Trinajstić information content (AvgIpc) is 3.20. The zero-order chi connectivity index (χ0) is 22.7. The van der Waals surface area contributed by atoms with Crippen LogP contribution in [0.5, 0.6) is 0 Å². The lowest BCUT2D eigenvalue weighted by Gasteiger charge is -2.22. The Morgan fingerprint density at radius 1 is 1.09 bits per heavy atom. The zero-order valence-electron chi connectivity index (χ0n) is 17.2. The number of anilines is 2. The summed E-state index contributed by atoms with van der Waals surface area (Å²) in [6.45, 7) is 0.137. The molecular formula is C23H20ClFN6O. The smallest absolute Gasteiger partial charge is 0.230 e. The monoisotopic (exact) mass is 450 g/mol. The van der Waals surface area contributed by atoms with Crippen molar-refractivity contribution in [3.05, 3.63) is 89.2 Å². The fraction of sp³-hybridized carbons (Fsp3) is 0.130. The Kier molecular flexibility index (Phi) is 6.13. The Labute approximate surface area is 189 Å². The van der Waals surface area contributed by atoms with Gasteiger partial charge in [-0.3, -0.25) is 9.48 Å². The van der Waals surface area contributed by atoms with Gasteiger partial charge in [0, 0.05) is 41.8 Å². The van der Waals surface area contributed by atoms with Crippen LogP contribution in [0.4, 0.5) is 16.0 Å². The largest absolute Gasteiger partial charge is 0.369 e. The third-order valence-electron chi connectivity index (χ3n) is 4.93. The van der Waals surface area contributed by atoms with Crippen molar-refractivity contribution in [1.82, 2.24) is 19.7 Å². The number of primary amides is 1. The van der Waals surface area contributed by atoms with E-state index in [1.165, 1.54) is 6.07 Å². The molecule has 0 atom stereocenters. The number of aromatic nitrogens is 4. The van der Waals surface area contributed by atoms with Gasteiger partial charge < -0.3 is 10.6 Å². The number of halogens is 2. The van der Waals surface area contributed by atoms with E-state index >= 15 is 0 Å². The standard InChI is InChI=1S/C23H20ClFN6O/c1-30-13-18(12-29-30)31(14-19-20(24)3-2-4-21(19)25)23-27-10-17(11-28-23)16-7-5-15(6-8-16)9-22(26)32/h2-8,10-13H,9,14H2,1H3,(H2,26,32). The molecule has 2 N–H and O–H groups in total. The maximum Gasteiger partial charge on any atom is 0.230 e. The molecule has 162 valence electrons. The first-order valence-corrected chi connectivity index (χ1v) is 10.2. The van der Waals surface area contributed by atoms with Gasteiger partial charge in [0.2, 0.25) is 11.9 Å². The van der Waals surface area contributed by atoms with Crippen LogP contribution in [0.2, 0.25) is 5.02 Å². The van der Waals surface area contributed by atoms with Crippen molar-refractivity contribution in [2.45, 2.75) is 13.0 Å². The van der Waals surface area contributed by atoms with Gasteiger partial charge in [0.05, 0.1) is 24.8 Å². The zero-order valence-corrected chi connectivity index (χ0v) is 18.0. The Morgan fingerprint density at radius 2 is 1.81 bits per heavy atom. The second-order valence-electron chi connectivity index (χ2n) is 7.27. The molecule has 1 amide bonds. The van der Waals surface area contributed by atoms with Crippen LogP contribution >= 0.6 is 11.6 Å². The maximum atomic E-state index is 14.4. The van der Waals surface area contributed by atoms with Crippen molar-refractivity contribution >= 4 is 29.1 Å². The van der Waals surface area contributed by atoms with E-state index < -0.39 is 5.82 Å². The molecule has 0 aliphatic carbocycles. The molecule has 0 fully saturated rings. The predicted octanol–water partition coefficient (Wildman–Crippen LogP) is 4.04. The summed E-state index contributed by atoms with van der Waals surface area (Å²) < 4.78 is 16.1. The first-order valence-electron chi connectivity index (χ1n) is 9.79. The van der Waals surface area contributed by atoms with Gasteiger partial charge in [-0.2, -0.15) is 5.10 Å². The number of rotatable bonds is 7. The average molecular weight is 451 g/mol. The Bertz CT molecular complexity index is 1220. The molecule has 4 rings (SSSR count). The number of carbonyl (C=O) groups is 1. The van der Waals surface area contributed by atoms with Gasteiger partial charge in [-0.15, -0.1) is 0 Å². The van der Waals surface area contributed by atoms with Crippen LogP contribution in [0.15, 0.2) is 67.3 Å². The lowest BCUT2D eigenvalue weighted by atomic mass is 10.1. The maximum absolute atomic E-state index is 14.4. The van der Waals surface area contributed by atoms with Crippen LogP contribution in [-0.4, -0.2) is 25.7 Å². The highest BCUT2D eigenvalue weighted by Gasteiger charge is 2.19. The molecule has 2 aromatic heterocycles. The Morgan fingerprint density at radius 3 is 2.41 bits per heavy atom. The lowest BCUT2D eigenvalue weighted by molar-refractivity contribution is -0.117. The number of amides is 1. The van der Waals surface area contributed by atoms with Crippen LogP contribution in [0.1, 0.15) is 11.1 Å². The highest BCUT2D eigenvalue weighted by molar-refractivity contribution is 6.31. The molecule has 0 bridgehead atoms. The minimum absolute atomic E-state index is 0.137. The Balaban J connectivity index is 1.64. The predicted molar refractivity (Wildman–Crippen MR) is 121 cm³/mol. The quantitative estimate of drug-likeness (QED) is 0.459. The molecular weight excluding hydrogens is 431 g/mol. The van der Waals surface area contributed by atoms with Gasteiger partial charge in [-0.25, -0.2) is 14.4 Å². The molecule has 2 heterocycles. The summed E-state index contributed by atoms with van der Waals surface area (Å²) in [6, 6.07) is 12.0. The van der Waals surface area contributed by atoms with Crippen molar-refractivity contribution in [1.29, 1.82) is 0 Å². The molecule has 4 aromatic rings. The summed E-state index contributed by atoms with van der Waals surface area (Å²) in [4.78, 5) is 21.8. The van der Waals surface area contributed by atoms with Crippen molar-refractivity contribution < 1.29 is 9.18 Å². The van der Waals surface area contributed by atoms with E-state index in [2.05, 4.69) is 15.1 Å².